The Labute approximate surface area is 125 Å². The Morgan fingerprint density at radius 1 is 1.24 bits per heavy atom. The van der Waals surface area contributed by atoms with Gasteiger partial charge in [-0.05, 0) is 24.8 Å². The first-order chi connectivity index (χ1) is 10.2. The van der Waals surface area contributed by atoms with E-state index < -0.39 is 0 Å². The smallest absolute Gasteiger partial charge is 0.223 e. The summed E-state index contributed by atoms with van der Waals surface area (Å²) in [5.41, 5.74) is 1.26. The number of hydrogen-bond acceptors (Lipinski definition) is 2. The average Bonchev–Trinajstić information content (AvgIpc) is 3.29. The molecule has 1 heterocycles. The number of benzene rings is 1. The average molecular weight is 286 g/mol. The molecule has 2 amide bonds. The molecule has 2 aliphatic rings. The van der Waals surface area contributed by atoms with E-state index in [0.717, 1.165) is 32.4 Å². The van der Waals surface area contributed by atoms with Gasteiger partial charge < -0.3 is 10.2 Å². The van der Waals surface area contributed by atoms with Gasteiger partial charge in [-0.2, -0.15) is 0 Å². The van der Waals surface area contributed by atoms with E-state index in [1.165, 1.54) is 5.56 Å². The van der Waals surface area contributed by atoms with Gasteiger partial charge in [0.1, 0.15) is 0 Å². The monoisotopic (exact) mass is 286 g/mol. The van der Waals surface area contributed by atoms with Crippen LogP contribution in [0.15, 0.2) is 30.3 Å². The highest BCUT2D eigenvalue weighted by molar-refractivity contribution is 5.81. The second kappa shape index (κ2) is 6.29. The van der Waals surface area contributed by atoms with Gasteiger partial charge in [0.15, 0.2) is 0 Å². The normalized spacial score (nSPS) is 21.6. The van der Waals surface area contributed by atoms with Crippen LogP contribution in [0, 0.1) is 11.8 Å². The molecule has 21 heavy (non-hydrogen) atoms. The minimum atomic E-state index is 0.171. The Hall–Kier alpha value is -1.84. The molecule has 1 aromatic carbocycles. The van der Waals surface area contributed by atoms with Crippen molar-refractivity contribution in [3.05, 3.63) is 35.9 Å². The van der Waals surface area contributed by atoms with Gasteiger partial charge in [-0.3, -0.25) is 9.59 Å². The molecule has 1 saturated carbocycles. The number of likely N-dealkylation sites (tertiary alicyclic amines) is 1. The molecule has 1 aliphatic carbocycles. The van der Waals surface area contributed by atoms with E-state index >= 15 is 0 Å². The maximum Gasteiger partial charge on any atom is 0.223 e. The predicted octanol–water partition coefficient (Wildman–Crippen LogP) is 1.60. The first kappa shape index (κ1) is 14.1. The zero-order valence-corrected chi connectivity index (χ0v) is 12.3. The topological polar surface area (TPSA) is 49.4 Å². The van der Waals surface area contributed by atoms with Gasteiger partial charge in [-0.25, -0.2) is 0 Å². The summed E-state index contributed by atoms with van der Waals surface area (Å²) >= 11 is 0. The zero-order valence-electron chi connectivity index (χ0n) is 12.3. The van der Waals surface area contributed by atoms with E-state index in [-0.39, 0.29) is 23.7 Å². The number of rotatable bonds is 6. The summed E-state index contributed by atoms with van der Waals surface area (Å²) in [5, 5.41) is 2.98. The molecule has 4 nitrogen and oxygen atoms in total. The lowest BCUT2D eigenvalue weighted by molar-refractivity contribution is -0.127. The Bertz CT molecular complexity index is 511. The Balaban J connectivity index is 1.42. The third-order valence-corrected chi connectivity index (χ3v) is 4.32. The van der Waals surface area contributed by atoms with Crippen molar-refractivity contribution in [2.24, 2.45) is 11.8 Å². The molecular weight excluding hydrogens is 264 g/mol. The molecule has 1 N–H and O–H groups in total. The Kier molecular flexibility index (Phi) is 4.23. The van der Waals surface area contributed by atoms with Crippen LogP contribution in [0.3, 0.4) is 0 Å². The maximum absolute atomic E-state index is 12.0. The van der Waals surface area contributed by atoms with E-state index in [1.54, 1.807) is 0 Å². The van der Waals surface area contributed by atoms with E-state index in [2.05, 4.69) is 17.4 Å². The highest BCUT2D eigenvalue weighted by atomic mass is 16.2. The fraction of sp³-hybridized carbons (Fsp3) is 0.529. The van der Waals surface area contributed by atoms with Crippen LogP contribution >= 0.6 is 0 Å². The van der Waals surface area contributed by atoms with Crippen molar-refractivity contribution in [2.45, 2.75) is 25.7 Å². The van der Waals surface area contributed by atoms with Crippen LogP contribution in [-0.2, 0) is 16.0 Å². The summed E-state index contributed by atoms with van der Waals surface area (Å²) in [6.07, 6.45) is 3.52. The predicted molar refractivity (Wildman–Crippen MR) is 80.6 cm³/mol. The fourth-order valence-corrected chi connectivity index (χ4v) is 2.85. The molecule has 1 unspecified atom stereocenters. The molecule has 4 heteroatoms. The van der Waals surface area contributed by atoms with Gasteiger partial charge in [-0.15, -0.1) is 0 Å². The SMILES string of the molecule is O=C(NCC1CC(=O)N(CCc2ccccc2)C1)C1CC1. The van der Waals surface area contributed by atoms with Crippen LogP contribution in [0.25, 0.3) is 0 Å². The molecule has 1 aromatic rings. The molecule has 112 valence electrons. The number of nitrogens with zero attached hydrogens (tertiary/aromatic N) is 1. The van der Waals surface area contributed by atoms with Gasteiger partial charge in [0.05, 0.1) is 0 Å². The molecule has 0 radical (unpaired) electrons. The fourth-order valence-electron chi connectivity index (χ4n) is 2.85. The number of nitrogens with one attached hydrogen (secondary N) is 1. The summed E-state index contributed by atoms with van der Waals surface area (Å²) in [6, 6.07) is 10.2. The standard InChI is InChI=1S/C17H22N2O2/c20-16-10-14(11-18-17(21)15-6-7-15)12-19(16)9-8-13-4-2-1-3-5-13/h1-5,14-15H,6-12H2,(H,18,21). The van der Waals surface area contributed by atoms with Gasteiger partial charge in [0.25, 0.3) is 0 Å². The maximum atomic E-state index is 12.0. The van der Waals surface area contributed by atoms with Crippen molar-refractivity contribution in [1.82, 2.24) is 10.2 Å². The molecule has 3 rings (SSSR count). The van der Waals surface area contributed by atoms with Crippen LogP contribution in [0.1, 0.15) is 24.8 Å². The van der Waals surface area contributed by atoms with Crippen molar-refractivity contribution in [3.63, 3.8) is 0 Å². The Morgan fingerprint density at radius 3 is 2.71 bits per heavy atom. The van der Waals surface area contributed by atoms with Crippen molar-refractivity contribution >= 4 is 11.8 Å². The van der Waals surface area contributed by atoms with Crippen LogP contribution < -0.4 is 5.32 Å². The molecule has 0 spiro atoms. The van der Waals surface area contributed by atoms with E-state index in [0.29, 0.717) is 13.0 Å². The lowest BCUT2D eigenvalue weighted by atomic mass is 10.1. The van der Waals surface area contributed by atoms with Crippen LogP contribution in [0.2, 0.25) is 0 Å². The van der Waals surface area contributed by atoms with Crippen molar-refractivity contribution in [1.29, 1.82) is 0 Å². The number of amides is 2. The number of carbonyl (C=O) groups excluding carboxylic acids is 2. The van der Waals surface area contributed by atoms with Crippen LogP contribution in [0.4, 0.5) is 0 Å². The van der Waals surface area contributed by atoms with E-state index in [9.17, 15) is 9.59 Å². The number of hydrogen-bond donors (Lipinski definition) is 1. The largest absolute Gasteiger partial charge is 0.356 e. The van der Waals surface area contributed by atoms with Crippen molar-refractivity contribution < 1.29 is 9.59 Å². The summed E-state index contributed by atoms with van der Waals surface area (Å²) in [5.74, 6) is 0.911. The summed E-state index contributed by atoms with van der Waals surface area (Å²) in [6.45, 7) is 2.19. The highest BCUT2D eigenvalue weighted by Crippen LogP contribution is 2.29. The minimum Gasteiger partial charge on any atom is -0.356 e. The van der Waals surface area contributed by atoms with E-state index in [4.69, 9.17) is 0 Å². The van der Waals surface area contributed by atoms with Gasteiger partial charge in [-0.1, -0.05) is 30.3 Å². The third kappa shape index (κ3) is 3.84. The molecule has 1 saturated heterocycles. The molecule has 0 bridgehead atoms. The molecule has 1 aliphatic heterocycles. The summed E-state index contributed by atoms with van der Waals surface area (Å²) < 4.78 is 0. The van der Waals surface area contributed by atoms with Crippen molar-refractivity contribution in [3.8, 4) is 0 Å². The third-order valence-electron chi connectivity index (χ3n) is 4.32. The van der Waals surface area contributed by atoms with Gasteiger partial charge >= 0.3 is 0 Å². The Morgan fingerprint density at radius 2 is 2.00 bits per heavy atom. The molecule has 2 fully saturated rings. The lowest BCUT2D eigenvalue weighted by Gasteiger charge is -2.17. The van der Waals surface area contributed by atoms with E-state index in [1.807, 2.05) is 23.1 Å². The summed E-state index contributed by atoms with van der Waals surface area (Å²) in [7, 11) is 0. The second-order valence-corrected chi connectivity index (χ2v) is 6.16. The number of carbonyl (C=O) groups is 2. The second-order valence-electron chi connectivity index (χ2n) is 6.16. The lowest BCUT2D eigenvalue weighted by Crippen LogP contribution is -2.32. The summed E-state index contributed by atoms with van der Waals surface area (Å²) in [4.78, 5) is 25.6. The first-order valence-corrected chi connectivity index (χ1v) is 7.82. The molecular formula is C17H22N2O2. The molecule has 0 aromatic heterocycles. The van der Waals surface area contributed by atoms with Crippen LogP contribution in [0.5, 0.6) is 0 Å². The quantitative estimate of drug-likeness (QED) is 0.863. The minimum absolute atomic E-state index is 0.171. The van der Waals surface area contributed by atoms with Gasteiger partial charge in [0, 0.05) is 37.9 Å². The van der Waals surface area contributed by atoms with Crippen molar-refractivity contribution in [2.75, 3.05) is 19.6 Å². The zero-order chi connectivity index (χ0) is 14.7. The van der Waals surface area contributed by atoms with Crippen LogP contribution in [-0.4, -0.2) is 36.3 Å². The first-order valence-electron chi connectivity index (χ1n) is 7.82. The highest BCUT2D eigenvalue weighted by Gasteiger charge is 2.32. The molecule has 1 atom stereocenters. The van der Waals surface area contributed by atoms with Gasteiger partial charge in [0.2, 0.25) is 11.8 Å².